The number of anilines is 1. The maximum absolute atomic E-state index is 11.1. The van der Waals surface area contributed by atoms with Gasteiger partial charge in [-0.05, 0) is 38.5 Å². The minimum Gasteiger partial charge on any atom is -0.442 e. The number of benzene rings is 1. The van der Waals surface area contributed by atoms with Gasteiger partial charge in [-0.15, -0.1) is 0 Å². The van der Waals surface area contributed by atoms with Crippen LogP contribution in [0.3, 0.4) is 0 Å². The lowest BCUT2D eigenvalue weighted by molar-refractivity contribution is -0.150. The maximum Gasteiger partial charge on any atom is 0.304 e. The van der Waals surface area contributed by atoms with Gasteiger partial charge in [0.2, 0.25) is 0 Å². The standard InChI is InChI=1S/C15H21NO4/c1-10-7-6-8-15(9-10)16(11(2)19-13(4)17)12(3)20-14(5)18/h6-9,11-12H,1-5H3. The summed E-state index contributed by atoms with van der Waals surface area (Å²) in [6, 6.07) is 7.69. The Balaban J connectivity index is 3.05. The number of aryl methyl sites for hydroxylation is 1. The summed E-state index contributed by atoms with van der Waals surface area (Å²) < 4.78 is 10.4. The fourth-order valence-electron chi connectivity index (χ4n) is 2.10. The molecule has 2 unspecified atom stereocenters. The molecule has 1 aromatic carbocycles. The Morgan fingerprint density at radius 1 is 1.05 bits per heavy atom. The SMILES string of the molecule is CC(=O)OC(C)N(c1cccc(C)c1)C(C)OC(C)=O. The molecule has 2 atom stereocenters. The molecule has 0 fully saturated rings. The second kappa shape index (κ2) is 6.93. The van der Waals surface area contributed by atoms with Crippen LogP contribution in [-0.2, 0) is 19.1 Å². The lowest BCUT2D eigenvalue weighted by Gasteiger charge is -2.35. The van der Waals surface area contributed by atoms with E-state index in [0.717, 1.165) is 11.3 Å². The maximum atomic E-state index is 11.1. The number of nitrogens with zero attached hydrogens (tertiary/aromatic N) is 1. The third kappa shape index (κ3) is 4.57. The predicted molar refractivity (Wildman–Crippen MR) is 76.1 cm³/mol. The summed E-state index contributed by atoms with van der Waals surface area (Å²) in [6.07, 6.45) is -1.08. The van der Waals surface area contributed by atoms with Crippen molar-refractivity contribution in [1.29, 1.82) is 0 Å². The number of rotatable bonds is 5. The molecule has 0 heterocycles. The summed E-state index contributed by atoms with van der Waals surface area (Å²) in [7, 11) is 0. The van der Waals surface area contributed by atoms with E-state index in [2.05, 4.69) is 0 Å². The molecule has 0 aliphatic carbocycles. The van der Waals surface area contributed by atoms with Crippen LogP contribution in [0.4, 0.5) is 5.69 Å². The summed E-state index contributed by atoms with van der Waals surface area (Å²) in [5.41, 5.74) is 1.89. The molecular formula is C15H21NO4. The van der Waals surface area contributed by atoms with Gasteiger partial charge in [0.25, 0.3) is 0 Å². The Labute approximate surface area is 119 Å². The highest BCUT2D eigenvalue weighted by molar-refractivity contribution is 5.67. The molecule has 1 rings (SSSR count). The van der Waals surface area contributed by atoms with Crippen molar-refractivity contribution in [2.24, 2.45) is 0 Å². The minimum absolute atomic E-state index is 0.384. The van der Waals surface area contributed by atoms with Gasteiger partial charge in [0.15, 0.2) is 12.5 Å². The molecule has 110 valence electrons. The van der Waals surface area contributed by atoms with Crippen LogP contribution in [0.5, 0.6) is 0 Å². The summed E-state index contributed by atoms with van der Waals surface area (Å²) in [4.78, 5) is 24.0. The van der Waals surface area contributed by atoms with Crippen LogP contribution >= 0.6 is 0 Å². The van der Waals surface area contributed by atoms with E-state index in [1.165, 1.54) is 13.8 Å². The zero-order valence-electron chi connectivity index (χ0n) is 12.5. The van der Waals surface area contributed by atoms with Gasteiger partial charge in [0.05, 0.1) is 0 Å². The van der Waals surface area contributed by atoms with E-state index in [1.54, 1.807) is 18.7 Å². The zero-order valence-corrected chi connectivity index (χ0v) is 12.5. The molecule has 0 aliphatic heterocycles. The second-order valence-corrected chi connectivity index (χ2v) is 4.66. The highest BCUT2D eigenvalue weighted by atomic mass is 16.6. The van der Waals surface area contributed by atoms with Crippen LogP contribution < -0.4 is 4.90 Å². The fraction of sp³-hybridized carbons (Fsp3) is 0.467. The normalized spacial score (nSPS) is 13.2. The Morgan fingerprint density at radius 3 is 1.95 bits per heavy atom. The summed E-state index contributed by atoms with van der Waals surface area (Å²) in [5, 5.41) is 0. The van der Waals surface area contributed by atoms with E-state index in [0.29, 0.717) is 0 Å². The third-order valence-corrected chi connectivity index (χ3v) is 2.76. The van der Waals surface area contributed by atoms with Crippen molar-refractivity contribution in [2.45, 2.75) is 47.1 Å². The molecule has 0 amide bonds. The fourth-order valence-corrected chi connectivity index (χ4v) is 2.10. The van der Waals surface area contributed by atoms with Crippen molar-refractivity contribution in [2.75, 3.05) is 4.90 Å². The van der Waals surface area contributed by atoms with Crippen LogP contribution in [0.1, 0.15) is 33.3 Å². The molecule has 5 heteroatoms. The molecule has 0 saturated heterocycles. The predicted octanol–water partition coefficient (Wildman–Crippen LogP) is 2.62. The third-order valence-electron chi connectivity index (χ3n) is 2.76. The molecule has 0 saturated carbocycles. The van der Waals surface area contributed by atoms with E-state index in [1.807, 2.05) is 31.2 Å². The van der Waals surface area contributed by atoms with E-state index in [9.17, 15) is 9.59 Å². The van der Waals surface area contributed by atoms with Crippen molar-refractivity contribution < 1.29 is 19.1 Å². The zero-order chi connectivity index (χ0) is 15.3. The highest BCUT2D eigenvalue weighted by Crippen LogP contribution is 2.22. The van der Waals surface area contributed by atoms with Gasteiger partial charge in [-0.1, -0.05) is 12.1 Å². The average molecular weight is 279 g/mol. The molecular weight excluding hydrogens is 258 g/mol. The van der Waals surface area contributed by atoms with Crippen molar-refractivity contribution >= 4 is 17.6 Å². The molecule has 5 nitrogen and oxygen atoms in total. The number of ether oxygens (including phenoxy) is 2. The Morgan fingerprint density at radius 2 is 1.55 bits per heavy atom. The van der Waals surface area contributed by atoms with Gasteiger partial charge in [-0.2, -0.15) is 0 Å². The van der Waals surface area contributed by atoms with E-state index < -0.39 is 12.5 Å². The number of esters is 2. The lowest BCUT2D eigenvalue weighted by atomic mass is 10.2. The highest BCUT2D eigenvalue weighted by Gasteiger charge is 2.24. The number of carbonyl (C=O) groups excluding carboxylic acids is 2. The summed E-state index contributed by atoms with van der Waals surface area (Å²) in [6.45, 7) is 8.14. The van der Waals surface area contributed by atoms with Crippen LogP contribution in [0.25, 0.3) is 0 Å². The van der Waals surface area contributed by atoms with Crippen molar-refractivity contribution in [1.82, 2.24) is 0 Å². The largest absolute Gasteiger partial charge is 0.442 e. The first kappa shape index (κ1) is 16.0. The van der Waals surface area contributed by atoms with Gasteiger partial charge in [0.1, 0.15) is 0 Å². The first-order valence-corrected chi connectivity index (χ1v) is 6.50. The minimum atomic E-state index is -0.538. The van der Waals surface area contributed by atoms with Gasteiger partial charge in [-0.25, -0.2) is 0 Å². The number of hydrogen-bond donors (Lipinski definition) is 0. The molecule has 0 N–H and O–H groups in total. The first-order valence-electron chi connectivity index (χ1n) is 6.50. The van der Waals surface area contributed by atoms with Gasteiger partial charge in [-0.3, -0.25) is 9.59 Å². The van der Waals surface area contributed by atoms with E-state index >= 15 is 0 Å². The van der Waals surface area contributed by atoms with Gasteiger partial charge in [0, 0.05) is 19.5 Å². The smallest absolute Gasteiger partial charge is 0.304 e. The van der Waals surface area contributed by atoms with Crippen LogP contribution in [0, 0.1) is 6.92 Å². The molecule has 1 aromatic rings. The molecule has 20 heavy (non-hydrogen) atoms. The molecule has 0 radical (unpaired) electrons. The monoisotopic (exact) mass is 279 g/mol. The summed E-state index contributed by atoms with van der Waals surface area (Å²) in [5.74, 6) is -0.768. The first-order chi connectivity index (χ1) is 9.31. The molecule has 0 aromatic heterocycles. The van der Waals surface area contributed by atoms with Crippen molar-refractivity contribution in [3.8, 4) is 0 Å². The second-order valence-electron chi connectivity index (χ2n) is 4.66. The van der Waals surface area contributed by atoms with Crippen LogP contribution in [0.15, 0.2) is 24.3 Å². The Kier molecular flexibility index (Phi) is 5.55. The topological polar surface area (TPSA) is 55.8 Å². The number of carbonyl (C=O) groups is 2. The summed E-state index contributed by atoms with van der Waals surface area (Å²) >= 11 is 0. The van der Waals surface area contributed by atoms with Crippen LogP contribution in [-0.4, -0.2) is 24.4 Å². The molecule has 0 aliphatic rings. The molecule has 0 bridgehead atoms. The quantitative estimate of drug-likeness (QED) is 0.612. The Bertz CT molecular complexity index is 465. The van der Waals surface area contributed by atoms with Crippen molar-refractivity contribution in [3.63, 3.8) is 0 Å². The van der Waals surface area contributed by atoms with E-state index in [4.69, 9.17) is 9.47 Å². The number of hydrogen-bond acceptors (Lipinski definition) is 5. The van der Waals surface area contributed by atoms with Gasteiger partial charge >= 0.3 is 11.9 Å². The van der Waals surface area contributed by atoms with E-state index in [-0.39, 0.29) is 11.9 Å². The van der Waals surface area contributed by atoms with Crippen LogP contribution in [0.2, 0.25) is 0 Å². The Hall–Kier alpha value is -2.04. The average Bonchev–Trinajstić information content (AvgIpc) is 2.26. The van der Waals surface area contributed by atoms with Crippen molar-refractivity contribution in [3.05, 3.63) is 29.8 Å². The van der Waals surface area contributed by atoms with Gasteiger partial charge < -0.3 is 14.4 Å². The lowest BCUT2D eigenvalue weighted by Crippen LogP contribution is -2.44. The molecule has 0 spiro atoms.